The van der Waals surface area contributed by atoms with E-state index in [0.717, 1.165) is 12.8 Å². The van der Waals surface area contributed by atoms with Crippen molar-refractivity contribution >= 4 is 6.08 Å². The minimum Gasteiger partial charge on any atom is -0.0991 e. The van der Waals surface area contributed by atoms with E-state index >= 15 is 0 Å². The van der Waals surface area contributed by atoms with Crippen LogP contribution in [0.4, 0.5) is 0 Å². The lowest BCUT2D eigenvalue weighted by Gasteiger charge is -2.17. The van der Waals surface area contributed by atoms with Crippen molar-refractivity contribution in [1.29, 1.82) is 0 Å². The Balaban J connectivity index is 1.67. The van der Waals surface area contributed by atoms with Gasteiger partial charge in [0.2, 0.25) is 0 Å². The highest BCUT2D eigenvalue weighted by atomic mass is 14.2. The molecule has 5 rings (SSSR count). The van der Waals surface area contributed by atoms with Gasteiger partial charge in [-0.3, -0.25) is 0 Å². The Labute approximate surface area is 227 Å². The van der Waals surface area contributed by atoms with Crippen molar-refractivity contribution in [3.8, 4) is 33.4 Å². The van der Waals surface area contributed by atoms with Crippen LogP contribution in [0.1, 0.15) is 29.5 Å². The largest absolute Gasteiger partial charge is 0.0991 e. The molecule has 0 fully saturated rings. The van der Waals surface area contributed by atoms with Gasteiger partial charge in [-0.1, -0.05) is 140 Å². The molecule has 186 valence electrons. The van der Waals surface area contributed by atoms with Gasteiger partial charge < -0.3 is 0 Å². The highest BCUT2D eigenvalue weighted by Gasteiger charge is 2.14. The summed E-state index contributed by atoms with van der Waals surface area (Å²) in [6, 6.07) is 33.1. The molecular formula is C38H34. The number of rotatable bonds is 7. The van der Waals surface area contributed by atoms with E-state index in [1.54, 1.807) is 0 Å². The second-order valence-corrected chi connectivity index (χ2v) is 9.86. The van der Waals surface area contributed by atoms with Crippen LogP contribution in [0.2, 0.25) is 0 Å². The second-order valence-electron chi connectivity index (χ2n) is 9.86. The molecule has 0 saturated carbocycles. The summed E-state index contributed by atoms with van der Waals surface area (Å²) in [4.78, 5) is 0. The van der Waals surface area contributed by atoms with Crippen molar-refractivity contribution < 1.29 is 0 Å². The molecule has 0 bridgehead atoms. The first-order valence-electron chi connectivity index (χ1n) is 13.4. The number of hydrogen-bond acceptors (Lipinski definition) is 0. The molecule has 0 aromatic heterocycles. The van der Waals surface area contributed by atoms with Gasteiger partial charge in [-0.25, -0.2) is 0 Å². The molecule has 0 radical (unpaired) electrons. The van der Waals surface area contributed by atoms with Crippen LogP contribution < -0.4 is 0 Å². The molecule has 0 saturated heterocycles. The van der Waals surface area contributed by atoms with E-state index in [0.29, 0.717) is 0 Å². The van der Waals surface area contributed by atoms with E-state index in [9.17, 15) is 0 Å². The van der Waals surface area contributed by atoms with Crippen LogP contribution >= 0.6 is 0 Å². The van der Waals surface area contributed by atoms with Crippen molar-refractivity contribution in [2.24, 2.45) is 0 Å². The fraction of sp³-hybridized carbons (Fsp3) is 0.105. The fourth-order valence-corrected chi connectivity index (χ4v) is 5.07. The van der Waals surface area contributed by atoms with E-state index in [-0.39, 0.29) is 0 Å². The maximum Gasteiger partial charge on any atom is -0.00300 e. The second kappa shape index (κ2) is 11.8. The van der Waals surface area contributed by atoms with E-state index in [1.165, 1.54) is 61.2 Å². The van der Waals surface area contributed by atoms with Gasteiger partial charge in [0.1, 0.15) is 0 Å². The number of allylic oxidation sites excluding steroid dienone is 8. The summed E-state index contributed by atoms with van der Waals surface area (Å²) in [5.41, 5.74) is 13.7. The predicted octanol–water partition coefficient (Wildman–Crippen LogP) is 10.7. The average molecular weight is 491 g/mol. The summed E-state index contributed by atoms with van der Waals surface area (Å²) in [5, 5.41) is 0. The van der Waals surface area contributed by atoms with E-state index in [4.69, 9.17) is 0 Å². The first-order valence-corrected chi connectivity index (χ1v) is 13.4. The van der Waals surface area contributed by atoms with Crippen molar-refractivity contribution in [2.75, 3.05) is 0 Å². The molecule has 0 aliphatic heterocycles. The van der Waals surface area contributed by atoms with Crippen molar-refractivity contribution in [3.05, 3.63) is 162 Å². The Morgan fingerprint density at radius 2 is 1.39 bits per heavy atom. The van der Waals surface area contributed by atoms with Gasteiger partial charge >= 0.3 is 0 Å². The van der Waals surface area contributed by atoms with Gasteiger partial charge in [-0.2, -0.15) is 0 Å². The molecule has 38 heavy (non-hydrogen) atoms. The lowest BCUT2D eigenvalue weighted by molar-refractivity contribution is 1.02. The fourth-order valence-electron chi connectivity index (χ4n) is 5.07. The zero-order chi connectivity index (χ0) is 26.3. The lowest BCUT2D eigenvalue weighted by atomic mass is 9.86. The van der Waals surface area contributed by atoms with Gasteiger partial charge in [-0.05, 0) is 88.4 Å². The quantitative estimate of drug-likeness (QED) is 0.226. The highest BCUT2D eigenvalue weighted by Crippen LogP contribution is 2.39. The van der Waals surface area contributed by atoms with Gasteiger partial charge in [0.05, 0.1) is 0 Å². The lowest BCUT2D eigenvalue weighted by Crippen LogP contribution is -1.94. The summed E-state index contributed by atoms with van der Waals surface area (Å²) < 4.78 is 0. The van der Waals surface area contributed by atoms with Crippen LogP contribution in [0, 0.1) is 13.8 Å². The average Bonchev–Trinajstić information content (AvgIpc) is 2.96. The standard InChI is InChI=1S/C38H34/c1-4-5-13-34(30-14-7-6-8-15-30)27-35-16-11-18-37(38(35)36-17-10-9-12-29(36)3)33-25-23-32(24-26-33)31-21-19-28(2)20-22-31/h4-5,7,9-27H,1,6,8H2,2-3H3/b13-5-,34-27+. The maximum atomic E-state index is 3.90. The van der Waals surface area contributed by atoms with Crippen molar-refractivity contribution in [3.63, 3.8) is 0 Å². The molecule has 0 N–H and O–H groups in total. The molecule has 4 aromatic carbocycles. The molecular weight excluding hydrogens is 456 g/mol. The smallest absolute Gasteiger partial charge is 0.00300 e. The molecule has 1 aliphatic carbocycles. The molecule has 0 nitrogen and oxygen atoms in total. The van der Waals surface area contributed by atoms with Crippen LogP contribution in [0.3, 0.4) is 0 Å². The first-order chi connectivity index (χ1) is 18.6. The van der Waals surface area contributed by atoms with Gasteiger partial charge in [-0.15, -0.1) is 0 Å². The highest BCUT2D eigenvalue weighted by molar-refractivity contribution is 5.92. The monoisotopic (exact) mass is 490 g/mol. The topological polar surface area (TPSA) is 0 Å². The molecule has 0 heterocycles. The minimum absolute atomic E-state index is 1.07. The van der Waals surface area contributed by atoms with Crippen LogP contribution in [-0.4, -0.2) is 0 Å². The van der Waals surface area contributed by atoms with Crippen molar-refractivity contribution in [1.82, 2.24) is 0 Å². The molecule has 0 spiro atoms. The Bertz CT molecular complexity index is 1550. The third-order valence-electron chi connectivity index (χ3n) is 7.14. The molecule has 0 unspecified atom stereocenters. The summed E-state index contributed by atoms with van der Waals surface area (Å²) in [5.74, 6) is 0. The number of aryl methyl sites for hydroxylation is 2. The normalized spacial score (nSPS) is 13.5. The Hall–Kier alpha value is -4.42. The third-order valence-corrected chi connectivity index (χ3v) is 7.14. The summed E-state index contributed by atoms with van der Waals surface area (Å²) in [6.45, 7) is 8.22. The Morgan fingerprint density at radius 3 is 2.08 bits per heavy atom. The van der Waals surface area contributed by atoms with Gasteiger partial charge in [0.15, 0.2) is 0 Å². The minimum atomic E-state index is 1.07. The summed E-state index contributed by atoms with van der Waals surface area (Å²) in [6.07, 6.45) is 17.4. The van der Waals surface area contributed by atoms with Crippen LogP contribution in [-0.2, 0) is 0 Å². The Morgan fingerprint density at radius 1 is 0.711 bits per heavy atom. The van der Waals surface area contributed by atoms with Crippen molar-refractivity contribution in [2.45, 2.75) is 26.7 Å². The summed E-state index contributed by atoms with van der Waals surface area (Å²) >= 11 is 0. The molecule has 0 amide bonds. The zero-order valence-electron chi connectivity index (χ0n) is 22.3. The SMILES string of the molecule is C=C/C=C\C(=C/c1cccc(-c2ccc(-c3ccc(C)cc3)cc2)c1-c1ccccc1C)C1=CCCC=C1. The predicted molar refractivity (Wildman–Crippen MR) is 166 cm³/mol. The van der Waals surface area contributed by atoms with Crippen LogP contribution in [0.25, 0.3) is 39.5 Å². The maximum absolute atomic E-state index is 3.90. The van der Waals surface area contributed by atoms with Gasteiger partial charge in [0, 0.05) is 0 Å². The molecule has 4 aromatic rings. The van der Waals surface area contributed by atoms with Gasteiger partial charge in [0.25, 0.3) is 0 Å². The first kappa shape index (κ1) is 25.2. The van der Waals surface area contributed by atoms with E-state index in [1.807, 2.05) is 12.2 Å². The third kappa shape index (κ3) is 5.61. The van der Waals surface area contributed by atoms with Crippen LogP contribution in [0.15, 0.2) is 145 Å². The zero-order valence-corrected chi connectivity index (χ0v) is 22.3. The number of hydrogen-bond donors (Lipinski definition) is 0. The van der Waals surface area contributed by atoms with E-state index in [2.05, 4.69) is 142 Å². The van der Waals surface area contributed by atoms with Crippen LogP contribution in [0.5, 0.6) is 0 Å². The van der Waals surface area contributed by atoms with E-state index < -0.39 is 0 Å². The summed E-state index contributed by atoms with van der Waals surface area (Å²) in [7, 11) is 0. The molecule has 0 heteroatoms. The Kier molecular flexibility index (Phi) is 7.81. The molecule has 0 atom stereocenters. The molecule has 1 aliphatic rings. The number of benzene rings is 4.